The number of carbonyl (C=O) groups is 2. The van der Waals surface area contributed by atoms with E-state index in [-0.39, 0.29) is 23.6 Å². The monoisotopic (exact) mass is 459 g/mol. The standard InChI is InChI=1S/C25H21N3O2S2/c1-16-11-12-18-22(13-16)32-25(26-18)27-23(29)15-28-19-9-5-6-10-20(19)31-21(14-24(28)30)17-7-3-2-4-8-17/h2-13,21H,14-15H2,1H3,(H,26,27,29). The highest BCUT2D eigenvalue weighted by Crippen LogP contribution is 2.45. The Morgan fingerprint density at radius 1 is 1.09 bits per heavy atom. The number of thioether (sulfide) groups is 1. The number of aryl methyl sites for hydroxylation is 1. The molecule has 2 heterocycles. The summed E-state index contributed by atoms with van der Waals surface area (Å²) in [6.07, 6.45) is 0.330. The molecule has 0 saturated heterocycles. The summed E-state index contributed by atoms with van der Waals surface area (Å²) in [7, 11) is 0. The van der Waals surface area contributed by atoms with E-state index in [0.717, 1.165) is 31.9 Å². The van der Waals surface area contributed by atoms with Crippen molar-refractivity contribution in [1.82, 2.24) is 4.98 Å². The van der Waals surface area contributed by atoms with Crippen LogP contribution in [0.2, 0.25) is 0 Å². The van der Waals surface area contributed by atoms with Gasteiger partial charge < -0.3 is 10.2 Å². The van der Waals surface area contributed by atoms with Gasteiger partial charge in [0.15, 0.2) is 5.13 Å². The van der Waals surface area contributed by atoms with Crippen LogP contribution in [0.15, 0.2) is 77.7 Å². The largest absolute Gasteiger partial charge is 0.302 e. The number of aromatic nitrogens is 1. The van der Waals surface area contributed by atoms with Crippen LogP contribution in [0.5, 0.6) is 0 Å². The van der Waals surface area contributed by atoms with Crippen LogP contribution < -0.4 is 10.2 Å². The first-order valence-corrected chi connectivity index (χ1v) is 12.0. The quantitative estimate of drug-likeness (QED) is 0.418. The molecule has 1 aromatic heterocycles. The minimum absolute atomic E-state index is 0.00501. The Labute approximate surface area is 194 Å². The SMILES string of the molecule is Cc1ccc2nc(NC(=O)CN3C(=O)CC(c4ccccc4)Sc4ccccc43)sc2c1. The van der Waals surface area contributed by atoms with Crippen molar-refractivity contribution in [3.63, 3.8) is 0 Å². The number of hydrogen-bond acceptors (Lipinski definition) is 5. The van der Waals surface area contributed by atoms with Gasteiger partial charge in [0, 0.05) is 16.6 Å². The van der Waals surface area contributed by atoms with Crippen molar-refractivity contribution < 1.29 is 9.59 Å². The van der Waals surface area contributed by atoms with Crippen LogP contribution in [0.4, 0.5) is 10.8 Å². The van der Waals surface area contributed by atoms with Gasteiger partial charge in [0.25, 0.3) is 0 Å². The Morgan fingerprint density at radius 2 is 1.88 bits per heavy atom. The summed E-state index contributed by atoms with van der Waals surface area (Å²) in [6, 6.07) is 23.8. The van der Waals surface area contributed by atoms with E-state index in [9.17, 15) is 9.59 Å². The summed E-state index contributed by atoms with van der Waals surface area (Å²) in [6.45, 7) is 1.98. The molecule has 0 saturated carbocycles. The number of para-hydroxylation sites is 1. The summed E-state index contributed by atoms with van der Waals surface area (Å²) in [5.41, 5.74) is 3.89. The van der Waals surface area contributed by atoms with Gasteiger partial charge in [-0.15, -0.1) is 11.8 Å². The van der Waals surface area contributed by atoms with Crippen LogP contribution in [-0.4, -0.2) is 23.3 Å². The molecule has 160 valence electrons. The summed E-state index contributed by atoms with van der Waals surface area (Å²) in [5, 5.41) is 3.43. The molecule has 4 aromatic rings. The molecule has 0 fully saturated rings. The zero-order chi connectivity index (χ0) is 22.1. The first-order chi connectivity index (χ1) is 15.6. The lowest BCUT2D eigenvalue weighted by Gasteiger charge is -2.21. The first-order valence-electron chi connectivity index (χ1n) is 10.3. The zero-order valence-electron chi connectivity index (χ0n) is 17.4. The second-order valence-electron chi connectivity index (χ2n) is 7.71. The van der Waals surface area contributed by atoms with Crippen molar-refractivity contribution in [2.24, 2.45) is 0 Å². The normalized spacial score (nSPS) is 16.0. The second-order valence-corrected chi connectivity index (χ2v) is 9.98. The molecule has 1 N–H and O–H groups in total. The van der Waals surface area contributed by atoms with Crippen molar-refractivity contribution in [2.45, 2.75) is 23.5 Å². The summed E-state index contributed by atoms with van der Waals surface area (Å²) < 4.78 is 1.03. The third kappa shape index (κ3) is 4.26. The van der Waals surface area contributed by atoms with Gasteiger partial charge in [-0.1, -0.05) is 59.9 Å². The van der Waals surface area contributed by atoms with Crippen LogP contribution in [0.25, 0.3) is 10.2 Å². The van der Waals surface area contributed by atoms with Gasteiger partial charge >= 0.3 is 0 Å². The van der Waals surface area contributed by atoms with Gasteiger partial charge in [0.2, 0.25) is 11.8 Å². The molecule has 0 bridgehead atoms. The van der Waals surface area contributed by atoms with Crippen molar-refractivity contribution >= 4 is 55.9 Å². The molecular weight excluding hydrogens is 438 g/mol. The maximum absolute atomic E-state index is 13.2. The zero-order valence-corrected chi connectivity index (χ0v) is 19.1. The van der Waals surface area contributed by atoms with Crippen molar-refractivity contribution in [2.75, 3.05) is 16.8 Å². The fraction of sp³-hybridized carbons (Fsp3) is 0.160. The van der Waals surface area contributed by atoms with E-state index in [4.69, 9.17) is 0 Å². The Balaban J connectivity index is 1.38. The van der Waals surface area contributed by atoms with Gasteiger partial charge in [-0.3, -0.25) is 9.59 Å². The van der Waals surface area contributed by atoms with Crippen molar-refractivity contribution in [1.29, 1.82) is 0 Å². The van der Waals surface area contributed by atoms with E-state index in [1.165, 1.54) is 11.3 Å². The number of amides is 2. The average Bonchev–Trinajstić information content (AvgIpc) is 3.12. The average molecular weight is 460 g/mol. The van der Waals surface area contributed by atoms with Crippen LogP contribution in [-0.2, 0) is 9.59 Å². The van der Waals surface area contributed by atoms with Gasteiger partial charge in [0.05, 0.1) is 15.9 Å². The minimum atomic E-state index is -0.257. The maximum Gasteiger partial charge on any atom is 0.246 e. The van der Waals surface area contributed by atoms with E-state index in [2.05, 4.69) is 16.4 Å². The van der Waals surface area contributed by atoms with E-state index >= 15 is 0 Å². The number of fused-ring (bicyclic) bond motifs is 2. The Morgan fingerprint density at radius 3 is 2.72 bits per heavy atom. The molecule has 5 rings (SSSR count). The smallest absolute Gasteiger partial charge is 0.246 e. The van der Waals surface area contributed by atoms with E-state index in [1.807, 2.05) is 73.7 Å². The molecule has 1 unspecified atom stereocenters. The molecule has 1 aliphatic rings. The molecule has 0 spiro atoms. The predicted octanol–water partition coefficient (Wildman–Crippen LogP) is 5.81. The lowest BCUT2D eigenvalue weighted by Crippen LogP contribution is -2.38. The fourth-order valence-electron chi connectivity index (χ4n) is 3.79. The first kappa shape index (κ1) is 20.7. The fourth-order valence-corrected chi connectivity index (χ4v) is 6.05. The summed E-state index contributed by atoms with van der Waals surface area (Å²) >= 11 is 3.11. The lowest BCUT2D eigenvalue weighted by atomic mass is 10.1. The Kier molecular flexibility index (Phi) is 5.68. The topological polar surface area (TPSA) is 62.3 Å². The number of nitrogens with zero attached hydrogens (tertiary/aromatic N) is 2. The second kappa shape index (κ2) is 8.76. The molecule has 7 heteroatoms. The molecule has 2 amide bonds. The van der Waals surface area contributed by atoms with Crippen LogP contribution in [0, 0.1) is 6.92 Å². The molecule has 32 heavy (non-hydrogen) atoms. The molecule has 3 aromatic carbocycles. The molecule has 5 nitrogen and oxygen atoms in total. The Hall–Kier alpha value is -3.16. The molecule has 0 aliphatic carbocycles. The van der Waals surface area contributed by atoms with Crippen molar-refractivity contribution in [3.8, 4) is 0 Å². The summed E-state index contributed by atoms with van der Waals surface area (Å²) in [5.74, 6) is -0.321. The van der Waals surface area contributed by atoms with E-state index in [0.29, 0.717) is 11.6 Å². The maximum atomic E-state index is 13.2. The molecular formula is C25H21N3O2S2. The highest BCUT2D eigenvalue weighted by molar-refractivity contribution is 7.99. The van der Waals surface area contributed by atoms with Crippen LogP contribution >= 0.6 is 23.1 Å². The number of nitrogens with one attached hydrogen (secondary N) is 1. The van der Waals surface area contributed by atoms with Gasteiger partial charge in [-0.05, 0) is 42.3 Å². The van der Waals surface area contributed by atoms with Gasteiger partial charge in [-0.2, -0.15) is 0 Å². The number of carbonyl (C=O) groups excluding carboxylic acids is 2. The van der Waals surface area contributed by atoms with Gasteiger partial charge in [0.1, 0.15) is 6.54 Å². The van der Waals surface area contributed by atoms with Crippen LogP contribution in [0.3, 0.4) is 0 Å². The number of anilines is 2. The number of thiazole rings is 1. The van der Waals surface area contributed by atoms with Crippen LogP contribution in [0.1, 0.15) is 22.8 Å². The predicted molar refractivity (Wildman–Crippen MR) is 131 cm³/mol. The highest BCUT2D eigenvalue weighted by atomic mass is 32.2. The number of benzene rings is 3. The lowest BCUT2D eigenvalue weighted by molar-refractivity contribution is -0.121. The summed E-state index contributed by atoms with van der Waals surface area (Å²) in [4.78, 5) is 33.2. The third-order valence-corrected chi connectivity index (χ3v) is 7.61. The molecule has 1 atom stereocenters. The number of rotatable bonds is 4. The highest BCUT2D eigenvalue weighted by Gasteiger charge is 2.30. The molecule has 0 radical (unpaired) electrons. The van der Waals surface area contributed by atoms with Gasteiger partial charge in [-0.25, -0.2) is 4.98 Å². The minimum Gasteiger partial charge on any atom is -0.302 e. The number of hydrogen-bond donors (Lipinski definition) is 1. The Bertz CT molecular complexity index is 1300. The van der Waals surface area contributed by atoms with E-state index in [1.54, 1.807) is 16.7 Å². The third-order valence-electron chi connectivity index (χ3n) is 5.35. The molecule has 1 aliphatic heterocycles. The van der Waals surface area contributed by atoms with E-state index < -0.39 is 0 Å². The van der Waals surface area contributed by atoms with Crippen molar-refractivity contribution in [3.05, 3.63) is 83.9 Å².